The number of hydrogen-bond acceptors (Lipinski definition) is 5. The number of carbonyl (C=O) groups excluding carboxylic acids is 1. The third-order valence-corrected chi connectivity index (χ3v) is 4.57. The van der Waals surface area contributed by atoms with Crippen LogP contribution in [0.3, 0.4) is 0 Å². The normalized spacial score (nSPS) is 11.3. The number of rotatable bonds is 5. The van der Waals surface area contributed by atoms with Crippen molar-refractivity contribution >= 4 is 32.9 Å². The molecule has 3 aromatic heterocycles. The van der Waals surface area contributed by atoms with Crippen molar-refractivity contribution in [3.05, 3.63) is 40.4 Å². The first-order valence-electron chi connectivity index (χ1n) is 8.65. The Morgan fingerprint density at radius 3 is 2.65 bits per heavy atom. The minimum atomic E-state index is -0.371. The molecule has 0 atom stereocenters. The second-order valence-electron chi connectivity index (χ2n) is 6.21. The third-order valence-electron chi connectivity index (χ3n) is 4.13. The summed E-state index contributed by atoms with van der Waals surface area (Å²) in [5.74, 6) is -0.317. The van der Waals surface area contributed by atoms with Crippen LogP contribution in [0.2, 0.25) is 0 Å². The van der Waals surface area contributed by atoms with Crippen molar-refractivity contribution in [2.45, 2.75) is 40.2 Å². The Bertz CT molecular complexity index is 966. The van der Waals surface area contributed by atoms with Crippen LogP contribution >= 0.6 is 15.9 Å². The van der Waals surface area contributed by atoms with Gasteiger partial charge in [-0.15, -0.1) is 0 Å². The summed E-state index contributed by atoms with van der Waals surface area (Å²) in [7, 11) is 0. The van der Waals surface area contributed by atoms with Gasteiger partial charge in [0.05, 0.1) is 24.1 Å². The summed E-state index contributed by atoms with van der Waals surface area (Å²) >= 11 is 3.47. The minimum Gasteiger partial charge on any atom is -0.462 e. The molecule has 0 aliphatic rings. The van der Waals surface area contributed by atoms with Crippen LogP contribution in [-0.4, -0.2) is 32.3 Å². The molecule has 3 aromatic rings. The molecule has 0 N–H and O–H groups in total. The summed E-state index contributed by atoms with van der Waals surface area (Å²) in [4.78, 5) is 21.9. The fourth-order valence-electron chi connectivity index (χ4n) is 3.01. The lowest BCUT2D eigenvalue weighted by Crippen LogP contribution is -2.14. The lowest BCUT2D eigenvalue weighted by atomic mass is 9.93. The number of nitrogens with zero attached hydrogens (tertiary/aromatic N) is 4. The van der Waals surface area contributed by atoms with E-state index in [9.17, 15) is 4.79 Å². The predicted octanol–water partition coefficient (Wildman–Crippen LogP) is 4.58. The van der Waals surface area contributed by atoms with Crippen LogP contribution in [0.25, 0.3) is 22.2 Å². The summed E-state index contributed by atoms with van der Waals surface area (Å²) < 4.78 is 8.03. The highest BCUT2D eigenvalue weighted by molar-refractivity contribution is 9.10. The molecule has 0 fully saturated rings. The quantitative estimate of drug-likeness (QED) is 0.569. The van der Waals surface area contributed by atoms with Crippen molar-refractivity contribution in [2.75, 3.05) is 6.61 Å². The first-order valence-corrected chi connectivity index (χ1v) is 9.44. The van der Waals surface area contributed by atoms with Gasteiger partial charge in [0.25, 0.3) is 0 Å². The molecule has 0 saturated carbocycles. The van der Waals surface area contributed by atoms with Gasteiger partial charge in [-0.25, -0.2) is 14.5 Å². The number of halogens is 1. The highest BCUT2D eigenvalue weighted by Gasteiger charge is 2.26. The molecule has 0 radical (unpaired) electrons. The van der Waals surface area contributed by atoms with Gasteiger partial charge in [0.15, 0.2) is 5.65 Å². The molecule has 0 amide bonds. The van der Waals surface area contributed by atoms with Crippen molar-refractivity contribution < 1.29 is 9.53 Å². The zero-order valence-electron chi connectivity index (χ0n) is 15.3. The van der Waals surface area contributed by atoms with Gasteiger partial charge in [0, 0.05) is 39.9 Å². The molecular formula is C19H21BrN4O2. The van der Waals surface area contributed by atoms with E-state index in [1.54, 1.807) is 25.5 Å². The number of fused-ring (bicyclic) bond motifs is 1. The van der Waals surface area contributed by atoms with Crippen molar-refractivity contribution in [3.63, 3.8) is 0 Å². The number of aromatic nitrogens is 4. The largest absolute Gasteiger partial charge is 0.462 e. The fourth-order valence-corrected chi connectivity index (χ4v) is 3.38. The molecule has 0 saturated heterocycles. The van der Waals surface area contributed by atoms with Gasteiger partial charge in [0.1, 0.15) is 0 Å². The number of carbonyl (C=O) groups is 1. The molecule has 7 heteroatoms. The first kappa shape index (κ1) is 18.5. The van der Waals surface area contributed by atoms with Crippen molar-refractivity contribution in [2.24, 2.45) is 0 Å². The average molecular weight is 417 g/mol. The Morgan fingerprint density at radius 1 is 1.27 bits per heavy atom. The van der Waals surface area contributed by atoms with E-state index < -0.39 is 0 Å². The van der Waals surface area contributed by atoms with Crippen LogP contribution in [0.4, 0.5) is 0 Å². The summed E-state index contributed by atoms with van der Waals surface area (Å²) in [6.07, 6.45) is 5.22. The summed E-state index contributed by atoms with van der Waals surface area (Å²) in [6, 6.07) is 1.94. The molecule has 0 spiro atoms. The van der Waals surface area contributed by atoms with Gasteiger partial charge in [-0.05, 0) is 41.8 Å². The Hall–Kier alpha value is -2.28. The van der Waals surface area contributed by atoms with Crippen molar-refractivity contribution in [3.8, 4) is 11.1 Å². The zero-order valence-corrected chi connectivity index (χ0v) is 16.9. The second kappa shape index (κ2) is 7.53. The SMILES string of the molecule is CCOC(=O)c1c(C(C)C)nc2c(cnn2CC)c1-c1cncc(Br)c1. The lowest BCUT2D eigenvalue weighted by Gasteiger charge is -2.17. The van der Waals surface area contributed by atoms with Crippen LogP contribution in [-0.2, 0) is 11.3 Å². The van der Waals surface area contributed by atoms with Gasteiger partial charge < -0.3 is 4.74 Å². The lowest BCUT2D eigenvalue weighted by molar-refractivity contribution is 0.0525. The second-order valence-corrected chi connectivity index (χ2v) is 7.13. The number of hydrogen-bond donors (Lipinski definition) is 0. The minimum absolute atomic E-state index is 0.0536. The summed E-state index contributed by atoms with van der Waals surface area (Å²) in [5, 5.41) is 5.26. The van der Waals surface area contributed by atoms with E-state index in [0.29, 0.717) is 24.4 Å². The number of pyridine rings is 2. The maximum Gasteiger partial charge on any atom is 0.340 e. The standard InChI is InChI=1S/C19H21BrN4O2/c1-5-24-18-14(10-22-24)15(12-7-13(20)9-21-8-12)16(19(25)26-6-2)17(23-18)11(3)4/h7-11H,5-6H2,1-4H3. The van der Waals surface area contributed by atoms with E-state index in [-0.39, 0.29) is 11.9 Å². The molecule has 3 heterocycles. The van der Waals surface area contributed by atoms with Gasteiger partial charge in [-0.2, -0.15) is 5.10 Å². The highest BCUT2D eigenvalue weighted by Crippen LogP contribution is 2.36. The van der Waals surface area contributed by atoms with Crippen LogP contribution < -0.4 is 0 Å². The van der Waals surface area contributed by atoms with Gasteiger partial charge in [-0.3, -0.25) is 4.98 Å². The topological polar surface area (TPSA) is 69.9 Å². The Kier molecular flexibility index (Phi) is 5.36. The molecular weight excluding hydrogens is 396 g/mol. The predicted molar refractivity (Wildman–Crippen MR) is 104 cm³/mol. The van der Waals surface area contributed by atoms with Crippen LogP contribution in [0.15, 0.2) is 29.1 Å². The summed E-state index contributed by atoms with van der Waals surface area (Å²) in [6.45, 7) is 8.86. The molecule has 6 nitrogen and oxygen atoms in total. The zero-order chi connectivity index (χ0) is 18.8. The third kappa shape index (κ3) is 3.23. The fraction of sp³-hybridized carbons (Fsp3) is 0.368. The summed E-state index contributed by atoms with van der Waals surface area (Å²) in [5.41, 5.74) is 3.56. The van der Waals surface area contributed by atoms with E-state index in [1.165, 1.54) is 0 Å². The van der Waals surface area contributed by atoms with Crippen LogP contribution in [0.5, 0.6) is 0 Å². The van der Waals surface area contributed by atoms with E-state index in [2.05, 4.69) is 26.0 Å². The Labute approximate surface area is 160 Å². The van der Waals surface area contributed by atoms with E-state index >= 15 is 0 Å². The molecule has 0 unspecified atom stereocenters. The van der Waals surface area contributed by atoms with Crippen LogP contribution in [0.1, 0.15) is 49.7 Å². The molecule has 0 bridgehead atoms. The number of ether oxygens (including phenoxy) is 1. The Balaban J connectivity index is 2.45. The number of aryl methyl sites for hydroxylation is 1. The Morgan fingerprint density at radius 2 is 2.04 bits per heavy atom. The van der Waals surface area contributed by atoms with Crippen molar-refractivity contribution in [1.29, 1.82) is 0 Å². The van der Waals surface area contributed by atoms with Crippen molar-refractivity contribution in [1.82, 2.24) is 19.7 Å². The van der Waals surface area contributed by atoms with Gasteiger partial charge in [0.2, 0.25) is 0 Å². The molecule has 0 aromatic carbocycles. The first-order chi connectivity index (χ1) is 12.5. The van der Waals surface area contributed by atoms with Gasteiger partial charge >= 0.3 is 5.97 Å². The monoisotopic (exact) mass is 416 g/mol. The molecule has 0 aliphatic heterocycles. The van der Waals surface area contributed by atoms with E-state index in [4.69, 9.17) is 9.72 Å². The molecule has 136 valence electrons. The molecule has 0 aliphatic carbocycles. The van der Waals surface area contributed by atoms with Crippen LogP contribution in [0, 0.1) is 0 Å². The smallest absolute Gasteiger partial charge is 0.340 e. The highest BCUT2D eigenvalue weighted by atomic mass is 79.9. The van der Waals surface area contributed by atoms with E-state index in [0.717, 1.165) is 26.6 Å². The van der Waals surface area contributed by atoms with Gasteiger partial charge in [-0.1, -0.05) is 13.8 Å². The maximum atomic E-state index is 12.8. The number of esters is 1. The molecule has 3 rings (SSSR count). The average Bonchev–Trinajstić information content (AvgIpc) is 3.02. The maximum absolute atomic E-state index is 12.8. The molecule has 26 heavy (non-hydrogen) atoms. The van der Waals surface area contributed by atoms with E-state index in [1.807, 2.05) is 31.5 Å².